The second kappa shape index (κ2) is 4.11. The largest absolute Gasteiger partial charge is 0.395 e. The zero-order chi connectivity index (χ0) is 9.97. The van der Waals surface area contributed by atoms with Gasteiger partial charge in [0.05, 0.1) is 6.61 Å². The van der Waals surface area contributed by atoms with Gasteiger partial charge in [0.15, 0.2) is 0 Å². The van der Waals surface area contributed by atoms with E-state index in [2.05, 4.69) is 36.5 Å². The zero-order valence-electron chi connectivity index (χ0n) is 8.53. The number of hydrogen-bond donors (Lipinski definition) is 2. The van der Waals surface area contributed by atoms with E-state index in [4.69, 9.17) is 0 Å². The molecule has 0 saturated carbocycles. The Morgan fingerprint density at radius 2 is 2.36 bits per heavy atom. The predicted molar refractivity (Wildman–Crippen MR) is 57.4 cm³/mol. The van der Waals surface area contributed by atoms with Crippen molar-refractivity contribution in [2.45, 2.75) is 25.3 Å². The summed E-state index contributed by atoms with van der Waals surface area (Å²) < 4.78 is 0. The van der Waals surface area contributed by atoms with Crippen LogP contribution in [-0.2, 0) is 0 Å². The lowest BCUT2D eigenvalue weighted by molar-refractivity contribution is 0.245. The van der Waals surface area contributed by atoms with Crippen molar-refractivity contribution < 1.29 is 5.11 Å². The first-order chi connectivity index (χ1) is 6.81. The van der Waals surface area contributed by atoms with Crippen LogP contribution in [-0.4, -0.2) is 24.3 Å². The van der Waals surface area contributed by atoms with Crippen LogP contribution in [0.25, 0.3) is 0 Å². The smallest absolute Gasteiger partial charge is 0.0590 e. The topological polar surface area (TPSA) is 32.3 Å². The van der Waals surface area contributed by atoms with Crippen molar-refractivity contribution in [2.24, 2.45) is 0 Å². The van der Waals surface area contributed by atoms with Crippen LogP contribution < -0.4 is 5.32 Å². The van der Waals surface area contributed by atoms with E-state index in [-0.39, 0.29) is 12.6 Å². The van der Waals surface area contributed by atoms with E-state index in [0.717, 1.165) is 13.0 Å². The summed E-state index contributed by atoms with van der Waals surface area (Å²) in [6.45, 7) is 3.36. The van der Waals surface area contributed by atoms with Gasteiger partial charge in [0.1, 0.15) is 0 Å². The lowest BCUT2D eigenvalue weighted by Crippen LogP contribution is -2.29. The number of nitrogens with one attached hydrogen (secondary N) is 1. The van der Waals surface area contributed by atoms with Gasteiger partial charge in [-0.05, 0) is 25.5 Å². The summed E-state index contributed by atoms with van der Waals surface area (Å²) in [5, 5.41) is 12.5. The highest BCUT2D eigenvalue weighted by atomic mass is 16.3. The average molecular weight is 191 g/mol. The third-order valence-electron chi connectivity index (χ3n) is 3.01. The first kappa shape index (κ1) is 9.69. The van der Waals surface area contributed by atoms with E-state index in [1.807, 2.05) is 0 Å². The molecule has 76 valence electrons. The summed E-state index contributed by atoms with van der Waals surface area (Å²) in [6.07, 6.45) is 1.13. The second-order valence-electron chi connectivity index (χ2n) is 4.05. The molecule has 1 aliphatic heterocycles. The maximum Gasteiger partial charge on any atom is 0.0590 e. The van der Waals surface area contributed by atoms with Crippen molar-refractivity contribution in [3.05, 3.63) is 35.4 Å². The number of aryl methyl sites for hydroxylation is 1. The molecule has 0 bridgehead atoms. The van der Waals surface area contributed by atoms with Gasteiger partial charge in [-0.2, -0.15) is 0 Å². The third kappa shape index (κ3) is 1.81. The van der Waals surface area contributed by atoms with Gasteiger partial charge in [0.25, 0.3) is 0 Å². The molecule has 0 amide bonds. The fourth-order valence-electron chi connectivity index (χ4n) is 2.26. The van der Waals surface area contributed by atoms with Crippen molar-refractivity contribution in [1.82, 2.24) is 5.32 Å². The minimum atomic E-state index is 0.235. The van der Waals surface area contributed by atoms with Crippen LogP contribution in [0.5, 0.6) is 0 Å². The number of benzene rings is 1. The monoisotopic (exact) mass is 191 g/mol. The highest BCUT2D eigenvalue weighted by Gasteiger charge is 2.27. The number of aliphatic hydroxyl groups excluding tert-OH is 1. The van der Waals surface area contributed by atoms with Gasteiger partial charge >= 0.3 is 0 Å². The van der Waals surface area contributed by atoms with Crippen LogP contribution in [0.4, 0.5) is 0 Å². The molecular weight excluding hydrogens is 174 g/mol. The van der Waals surface area contributed by atoms with Gasteiger partial charge in [-0.3, -0.25) is 0 Å². The van der Waals surface area contributed by atoms with Crippen molar-refractivity contribution in [1.29, 1.82) is 0 Å². The van der Waals surface area contributed by atoms with E-state index < -0.39 is 0 Å². The summed E-state index contributed by atoms with van der Waals surface area (Å²) >= 11 is 0. The van der Waals surface area contributed by atoms with Gasteiger partial charge < -0.3 is 10.4 Å². The van der Waals surface area contributed by atoms with Gasteiger partial charge in [-0.15, -0.1) is 0 Å². The van der Waals surface area contributed by atoms with Crippen LogP contribution in [0.2, 0.25) is 0 Å². The molecule has 1 heterocycles. The maximum absolute atomic E-state index is 9.20. The molecule has 0 aliphatic carbocycles. The lowest BCUT2D eigenvalue weighted by Gasteiger charge is -2.17. The summed E-state index contributed by atoms with van der Waals surface area (Å²) in [5.41, 5.74) is 2.65. The third-order valence-corrected chi connectivity index (χ3v) is 3.01. The number of rotatable bonds is 2. The minimum Gasteiger partial charge on any atom is -0.395 e. The standard InChI is InChI=1S/C12H17NO/c1-9-3-2-4-10(7-9)11-5-6-13-12(11)8-14/h2-4,7,11-14H,5-6,8H2,1H3/t11-,12-/m1/s1. The van der Waals surface area contributed by atoms with Gasteiger partial charge in [-0.1, -0.05) is 29.8 Å². The molecule has 2 N–H and O–H groups in total. The Balaban J connectivity index is 2.21. The van der Waals surface area contributed by atoms with Crippen LogP contribution in [0, 0.1) is 6.92 Å². The van der Waals surface area contributed by atoms with Gasteiger partial charge in [0.2, 0.25) is 0 Å². The molecule has 2 heteroatoms. The quantitative estimate of drug-likeness (QED) is 0.741. The molecule has 1 saturated heterocycles. The molecule has 2 rings (SSSR count). The Bertz CT molecular complexity index is 311. The predicted octanol–water partition coefficient (Wildman–Crippen LogP) is 1.43. The first-order valence-corrected chi connectivity index (χ1v) is 5.22. The second-order valence-corrected chi connectivity index (χ2v) is 4.05. The number of hydrogen-bond acceptors (Lipinski definition) is 2. The maximum atomic E-state index is 9.20. The summed E-state index contributed by atoms with van der Waals surface area (Å²) in [7, 11) is 0. The van der Waals surface area contributed by atoms with Gasteiger partial charge in [0, 0.05) is 12.0 Å². The molecule has 0 radical (unpaired) electrons. The molecule has 14 heavy (non-hydrogen) atoms. The molecule has 2 nitrogen and oxygen atoms in total. The first-order valence-electron chi connectivity index (χ1n) is 5.22. The minimum absolute atomic E-state index is 0.235. The van der Waals surface area contributed by atoms with Crippen LogP contribution in [0.1, 0.15) is 23.5 Å². The Morgan fingerprint density at radius 1 is 1.50 bits per heavy atom. The summed E-state index contributed by atoms with van der Waals surface area (Å²) in [4.78, 5) is 0. The average Bonchev–Trinajstić information content (AvgIpc) is 2.65. The normalized spacial score (nSPS) is 26.7. The highest BCUT2D eigenvalue weighted by molar-refractivity contribution is 5.27. The number of aliphatic hydroxyl groups is 1. The van der Waals surface area contributed by atoms with Crippen LogP contribution in [0.15, 0.2) is 24.3 Å². The molecular formula is C12H17NO. The van der Waals surface area contributed by atoms with Crippen molar-refractivity contribution in [2.75, 3.05) is 13.2 Å². The molecule has 1 aromatic rings. The Morgan fingerprint density at radius 3 is 3.07 bits per heavy atom. The highest BCUT2D eigenvalue weighted by Crippen LogP contribution is 2.27. The Kier molecular flexibility index (Phi) is 2.85. The molecule has 1 aliphatic rings. The van der Waals surface area contributed by atoms with E-state index >= 15 is 0 Å². The molecule has 0 unspecified atom stereocenters. The van der Waals surface area contributed by atoms with Crippen LogP contribution in [0.3, 0.4) is 0 Å². The van der Waals surface area contributed by atoms with E-state index in [1.165, 1.54) is 11.1 Å². The summed E-state index contributed by atoms with van der Waals surface area (Å²) in [5.74, 6) is 0.486. The van der Waals surface area contributed by atoms with E-state index in [1.54, 1.807) is 0 Å². The molecule has 0 spiro atoms. The van der Waals surface area contributed by atoms with Crippen molar-refractivity contribution in [3.8, 4) is 0 Å². The van der Waals surface area contributed by atoms with E-state index in [0.29, 0.717) is 5.92 Å². The van der Waals surface area contributed by atoms with Gasteiger partial charge in [-0.25, -0.2) is 0 Å². The van der Waals surface area contributed by atoms with E-state index in [9.17, 15) is 5.11 Å². The molecule has 1 aromatic carbocycles. The Labute approximate surface area is 85.0 Å². The molecule has 0 aromatic heterocycles. The fraction of sp³-hybridized carbons (Fsp3) is 0.500. The Hall–Kier alpha value is -0.860. The van der Waals surface area contributed by atoms with Crippen molar-refractivity contribution >= 4 is 0 Å². The summed E-state index contributed by atoms with van der Waals surface area (Å²) in [6, 6.07) is 8.84. The fourth-order valence-corrected chi connectivity index (χ4v) is 2.26. The lowest BCUT2D eigenvalue weighted by atomic mass is 9.91. The molecule has 1 fully saturated rings. The molecule has 2 atom stereocenters. The van der Waals surface area contributed by atoms with Crippen LogP contribution >= 0.6 is 0 Å². The van der Waals surface area contributed by atoms with Crippen molar-refractivity contribution in [3.63, 3.8) is 0 Å². The SMILES string of the molecule is Cc1cccc([C@H]2CCN[C@@H]2CO)c1. The zero-order valence-corrected chi connectivity index (χ0v) is 8.53.